The Morgan fingerprint density at radius 1 is 1.29 bits per heavy atom. The topological polar surface area (TPSA) is 93.8 Å². The molecular weight excluding hydrogens is 310 g/mol. The Bertz CT molecular complexity index is 787. The maximum atomic E-state index is 12.0. The largest absolute Gasteiger partial charge is 0.489 e. The van der Waals surface area contributed by atoms with Crippen molar-refractivity contribution in [3.63, 3.8) is 0 Å². The summed E-state index contributed by atoms with van der Waals surface area (Å²) in [5, 5.41) is 14.6. The number of hydrogen-bond donors (Lipinski definition) is 1. The van der Waals surface area contributed by atoms with E-state index in [1.54, 1.807) is 18.2 Å². The van der Waals surface area contributed by atoms with E-state index in [0.29, 0.717) is 17.9 Å². The SMILES string of the molecule is C=CCOc1ccccc1/C=N/NC(=O)c1cccc([N+](=O)[O-])c1. The number of para-hydroxylation sites is 1. The van der Waals surface area contributed by atoms with Crippen LogP contribution in [-0.2, 0) is 0 Å². The zero-order chi connectivity index (χ0) is 17.4. The molecule has 2 aromatic carbocycles. The van der Waals surface area contributed by atoms with Gasteiger partial charge in [0.05, 0.1) is 11.1 Å². The van der Waals surface area contributed by atoms with E-state index in [4.69, 9.17) is 4.74 Å². The molecule has 0 bridgehead atoms. The molecule has 0 unspecified atom stereocenters. The van der Waals surface area contributed by atoms with Crippen molar-refractivity contribution in [3.8, 4) is 5.75 Å². The predicted octanol–water partition coefficient (Wildman–Crippen LogP) is 2.92. The maximum absolute atomic E-state index is 12.0. The van der Waals surface area contributed by atoms with Crippen LogP contribution in [0.3, 0.4) is 0 Å². The summed E-state index contributed by atoms with van der Waals surface area (Å²) in [7, 11) is 0. The fourth-order valence-electron chi connectivity index (χ4n) is 1.85. The molecule has 1 N–H and O–H groups in total. The lowest BCUT2D eigenvalue weighted by Gasteiger charge is -2.06. The fraction of sp³-hybridized carbons (Fsp3) is 0.0588. The molecule has 0 radical (unpaired) electrons. The molecular formula is C17H15N3O4. The number of hydrazone groups is 1. The Morgan fingerprint density at radius 2 is 2.08 bits per heavy atom. The minimum absolute atomic E-state index is 0.151. The molecule has 0 saturated heterocycles. The number of carbonyl (C=O) groups excluding carboxylic acids is 1. The summed E-state index contributed by atoms with van der Waals surface area (Å²) in [5.41, 5.74) is 3.00. The Balaban J connectivity index is 2.06. The van der Waals surface area contributed by atoms with Gasteiger partial charge in [0.2, 0.25) is 0 Å². The standard InChI is InChI=1S/C17H15N3O4/c1-2-10-24-16-9-4-3-6-14(16)12-18-19-17(21)13-7-5-8-15(11-13)20(22)23/h2-9,11-12H,1,10H2,(H,19,21)/b18-12+. The number of nitrogens with zero attached hydrogens (tertiary/aromatic N) is 2. The Kier molecular flexibility index (Phi) is 5.79. The van der Waals surface area contributed by atoms with E-state index >= 15 is 0 Å². The van der Waals surface area contributed by atoms with Crippen molar-refractivity contribution in [1.82, 2.24) is 5.43 Å². The number of ether oxygens (including phenoxy) is 1. The summed E-state index contributed by atoms with van der Waals surface area (Å²) in [5.74, 6) is 0.0604. The summed E-state index contributed by atoms with van der Waals surface area (Å²) in [6.07, 6.45) is 3.06. The lowest BCUT2D eigenvalue weighted by atomic mass is 10.2. The summed E-state index contributed by atoms with van der Waals surface area (Å²) in [4.78, 5) is 22.1. The molecule has 0 aromatic heterocycles. The van der Waals surface area contributed by atoms with Crippen molar-refractivity contribution >= 4 is 17.8 Å². The summed E-state index contributed by atoms with van der Waals surface area (Å²) in [6.45, 7) is 3.93. The first kappa shape index (κ1) is 16.9. The number of rotatable bonds is 7. The minimum atomic E-state index is -0.562. The number of non-ortho nitro benzene ring substituents is 1. The van der Waals surface area contributed by atoms with Crippen molar-refractivity contribution < 1.29 is 14.5 Å². The number of hydrogen-bond acceptors (Lipinski definition) is 5. The highest BCUT2D eigenvalue weighted by molar-refractivity contribution is 5.95. The Labute approximate surface area is 138 Å². The van der Waals surface area contributed by atoms with Crippen molar-refractivity contribution in [2.45, 2.75) is 0 Å². The van der Waals surface area contributed by atoms with E-state index in [0.717, 1.165) is 0 Å². The lowest BCUT2D eigenvalue weighted by molar-refractivity contribution is -0.384. The van der Waals surface area contributed by atoms with E-state index < -0.39 is 10.8 Å². The molecule has 0 aliphatic heterocycles. The van der Waals surface area contributed by atoms with Gasteiger partial charge >= 0.3 is 0 Å². The molecule has 2 aromatic rings. The molecule has 0 aliphatic rings. The average molecular weight is 325 g/mol. The predicted molar refractivity (Wildman–Crippen MR) is 90.3 cm³/mol. The van der Waals surface area contributed by atoms with Crippen LogP contribution >= 0.6 is 0 Å². The van der Waals surface area contributed by atoms with E-state index in [2.05, 4.69) is 17.1 Å². The first-order chi connectivity index (χ1) is 11.6. The van der Waals surface area contributed by atoms with Crippen LogP contribution in [0.4, 0.5) is 5.69 Å². The van der Waals surface area contributed by atoms with Crippen molar-refractivity contribution in [2.24, 2.45) is 5.10 Å². The average Bonchev–Trinajstić information content (AvgIpc) is 2.60. The minimum Gasteiger partial charge on any atom is -0.489 e. The van der Waals surface area contributed by atoms with Gasteiger partial charge in [-0.15, -0.1) is 0 Å². The monoisotopic (exact) mass is 325 g/mol. The number of nitrogens with one attached hydrogen (secondary N) is 1. The van der Waals surface area contributed by atoms with Gasteiger partial charge < -0.3 is 4.74 Å². The Morgan fingerprint density at radius 3 is 2.83 bits per heavy atom. The summed E-state index contributed by atoms with van der Waals surface area (Å²) < 4.78 is 5.47. The smallest absolute Gasteiger partial charge is 0.271 e. The van der Waals surface area contributed by atoms with Gasteiger partial charge in [-0.1, -0.05) is 30.9 Å². The molecule has 0 saturated carbocycles. The second kappa shape index (κ2) is 8.23. The van der Waals surface area contributed by atoms with Crippen LogP contribution < -0.4 is 10.2 Å². The maximum Gasteiger partial charge on any atom is 0.271 e. The normalized spacial score (nSPS) is 10.3. The van der Waals surface area contributed by atoms with Crippen LogP contribution in [0.25, 0.3) is 0 Å². The molecule has 24 heavy (non-hydrogen) atoms. The number of nitro groups is 1. The second-order valence-corrected chi connectivity index (χ2v) is 4.64. The first-order valence-electron chi connectivity index (χ1n) is 7.02. The van der Waals surface area contributed by atoms with Gasteiger partial charge in [-0.25, -0.2) is 5.43 Å². The van der Waals surface area contributed by atoms with Crippen LogP contribution in [0.2, 0.25) is 0 Å². The van der Waals surface area contributed by atoms with E-state index in [-0.39, 0.29) is 11.3 Å². The van der Waals surface area contributed by atoms with Gasteiger partial charge in [0.1, 0.15) is 12.4 Å². The first-order valence-corrected chi connectivity index (χ1v) is 7.02. The molecule has 7 nitrogen and oxygen atoms in total. The van der Waals surface area contributed by atoms with Crippen LogP contribution in [0, 0.1) is 10.1 Å². The van der Waals surface area contributed by atoms with Crippen molar-refractivity contribution in [3.05, 3.63) is 82.4 Å². The number of carbonyl (C=O) groups is 1. The summed E-state index contributed by atoms with van der Waals surface area (Å²) >= 11 is 0. The highest BCUT2D eigenvalue weighted by Gasteiger charge is 2.10. The van der Waals surface area contributed by atoms with E-state index in [9.17, 15) is 14.9 Å². The van der Waals surface area contributed by atoms with Gasteiger partial charge in [0, 0.05) is 23.3 Å². The third-order valence-corrected chi connectivity index (χ3v) is 2.96. The molecule has 1 amide bonds. The third kappa shape index (κ3) is 4.51. The molecule has 0 fully saturated rings. The molecule has 0 aliphatic carbocycles. The second-order valence-electron chi connectivity index (χ2n) is 4.64. The van der Waals surface area contributed by atoms with Crippen molar-refractivity contribution in [1.29, 1.82) is 0 Å². The molecule has 122 valence electrons. The Hall–Kier alpha value is -3.48. The van der Waals surface area contributed by atoms with Gasteiger partial charge in [0.25, 0.3) is 11.6 Å². The number of amides is 1. The highest BCUT2D eigenvalue weighted by atomic mass is 16.6. The van der Waals surface area contributed by atoms with Gasteiger partial charge in [0.15, 0.2) is 0 Å². The quantitative estimate of drug-likeness (QED) is 0.366. The fourth-order valence-corrected chi connectivity index (χ4v) is 1.85. The number of nitro benzene ring substituents is 1. The molecule has 0 atom stereocenters. The van der Waals surface area contributed by atoms with Gasteiger partial charge in [-0.05, 0) is 18.2 Å². The van der Waals surface area contributed by atoms with Gasteiger partial charge in [-0.2, -0.15) is 5.10 Å². The zero-order valence-electron chi connectivity index (χ0n) is 12.7. The number of benzene rings is 2. The van der Waals surface area contributed by atoms with Crippen LogP contribution in [0.15, 0.2) is 66.3 Å². The molecule has 0 spiro atoms. The van der Waals surface area contributed by atoms with Gasteiger partial charge in [-0.3, -0.25) is 14.9 Å². The van der Waals surface area contributed by atoms with E-state index in [1.165, 1.54) is 30.5 Å². The third-order valence-electron chi connectivity index (χ3n) is 2.96. The molecule has 2 rings (SSSR count). The van der Waals surface area contributed by atoms with Crippen LogP contribution in [0.1, 0.15) is 15.9 Å². The van der Waals surface area contributed by atoms with Crippen molar-refractivity contribution in [2.75, 3.05) is 6.61 Å². The molecule has 7 heteroatoms. The highest BCUT2D eigenvalue weighted by Crippen LogP contribution is 2.16. The van der Waals surface area contributed by atoms with Crippen LogP contribution in [0.5, 0.6) is 5.75 Å². The lowest BCUT2D eigenvalue weighted by Crippen LogP contribution is -2.17. The van der Waals surface area contributed by atoms with Crippen LogP contribution in [-0.4, -0.2) is 23.7 Å². The molecule has 0 heterocycles. The zero-order valence-corrected chi connectivity index (χ0v) is 12.7. The van der Waals surface area contributed by atoms with E-state index in [1.807, 2.05) is 12.1 Å². The summed E-state index contributed by atoms with van der Waals surface area (Å²) in [6, 6.07) is 12.6.